The van der Waals surface area contributed by atoms with Gasteiger partial charge in [0.2, 0.25) is 17.6 Å². The van der Waals surface area contributed by atoms with E-state index in [1.165, 1.54) is 6.92 Å². The van der Waals surface area contributed by atoms with Gasteiger partial charge in [-0.3, -0.25) is 9.59 Å². The molecule has 0 aliphatic carbocycles. The van der Waals surface area contributed by atoms with Crippen molar-refractivity contribution in [1.82, 2.24) is 25.5 Å². The van der Waals surface area contributed by atoms with E-state index in [-0.39, 0.29) is 0 Å². The number of nitrogens with zero attached hydrogens (tertiary/aromatic N) is 4. The van der Waals surface area contributed by atoms with Gasteiger partial charge in [-0.05, 0) is 48.5 Å². The Morgan fingerprint density at radius 2 is 1.80 bits per heavy atom. The van der Waals surface area contributed by atoms with Gasteiger partial charge < -0.3 is 10.6 Å². The maximum absolute atomic E-state index is 13.6. The predicted molar refractivity (Wildman–Crippen MR) is 104 cm³/mol. The molecule has 0 bridgehead atoms. The first kappa shape index (κ1) is 21.4. The second-order valence-electron chi connectivity index (χ2n) is 6.11. The molecule has 1 atom stereocenters. The number of carbonyl (C=O) groups is 2. The Kier molecular flexibility index (Phi) is 6.45. The van der Waals surface area contributed by atoms with Crippen LogP contribution in [-0.2, 0) is 9.59 Å². The van der Waals surface area contributed by atoms with Crippen LogP contribution in [0.2, 0.25) is 0 Å². The highest BCUT2D eigenvalue weighted by Gasteiger charge is 2.20. The first-order valence-corrected chi connectivity index (χ1v) is 9.32. The number of tetrazole rings is 1. The monoisotopic (exact) mass is 482 g/mol. The Morgan fingerprint density at radius 3 is 2.50 bits per heavy atom. The van der Waals surface area contributed by atoms with Crippen LogP contribution in [0, 0.1) is 17.5 Å². The number of nitrogens with one attached hydrogen (secondary N) is 2. The first-order chi connectivity index (χ1) is 14.3. The zero-order chi connectivity index (χ0) is 21.8. The molecule has 8 nitrogen and oxygen atoms in total. The number of halogens is 4. The summed E-state index contributed by atoms with van der Waals surface area (Å²) in [4.78, 5) is 25.2. The zero-order valence-electron chi connectivity index (χ0n) is 15.4. The summed E-state index contributed by atoms with van der Waals surface area (Å²) in [5, 5.41) is 16.3. The third-order valence-electron chi connectivity index (χ3n) is 3.99. The normalized spacial score (nSPS) is 11.8. The third-order valence-corrected chi connectivity index (χ3v) is 4.52. The van der Waals surface area contributed by atoms with E-state index in [0.717, 1.165) is 15.3 Å². The standard InChI is InChI=1S/C18H14BrF3N6O2/c1-9(28-26-17(25-27-28)10-2-4-11(19)5-3-10)18(30)23-8-14(29)24-13-7-6-12(20)15(21)16(13)22/h2-7,9H,8H2,1H3,(H,23,30)(H,24,29). The molecule has 1 aromatic heterocycles. The molecule has 12 heteroatoms. The molecule has 2 amide bonds. The van der Waals surface area contributed by atoms with Crippen LogP contribution < -0.4 is 10.6 Å². The Bertz CT molecular complexity index is 1090. The van der Waals surface area contributed by atoms with Crippen molar-refractivity contribution in [2.45, 2.75) is 13.0 Å². The molecule has 0 fully saturated rings. The number of anilines is 1. The summed E-state index contributed by atoms with van der Waals surface area (Å²) in [6, 6.07) is 7.82. The smallest absolute Gasteiger partial charge is 0.246 e. The molecule has 1 unspecified atom stereocenters. The van der Waals surface area contributed by atoms with Crippen LogP contribution >= 0.6 is 15.9 Å². The van der Waals surface area contributed by atoms with Crippen molar-refractivity contribution < 1.29 is 22.8 Å². The van der Waals surface area contributed by atoms with Crippen molar-refractivity contribution in [2.24, 2.45) is 0 Å². The lowest BCUT2D eigenvalue weighted by Crippen LogP contribution is -2.37. The van der Waals surface area contributed by atoms with Gasteiger partial charge in [-0.25, -0.2) is 13.2 Å². The second-order valence-corrected chi connectivity index (χ2v) is 7.02. The van der Waals surface area contributed by atoms with Gasteiger partial charge in [0.15, 0.2) is 17.5 Å². The molecular formula is C18H14BrF3N6O2. The molecule has 2 N–H and O–H groups in total. The van der Waals surface area contributed by atoms with Crippen LogP contribution in [0.3, 0.4) is 0 Å². The van der Waals surface area contributed by atoms with Crippen molar-refractivity contribution in [3.8, 4) is 11.4 Å². The summed E-state index contributed by atoms with van der Waals surface area (Å²) < 4.78 is 40.6. The van der Waals surface area contributed by atoms with E-state index in [9.17, 15) is 22.8 Å². The molecule has 156 valence electrons. The number of hydrogen-bond acceptors (Lipinski definition) is 5. The minimum atomic E-state index is -1.70. The van der Waals surface area contributed by atoms with Crippen LogP contribution in [0.5, 0.6) is 0 Å². The third kappa shape index (κ3) is 4.82. The van der Waals surface area contributed by atoms with Gasteiger partial charge >= 0.3 is 0 Å². The lowest BCUT2D eigenvalue weighted by Gasteiger charge is -2.11. The van der Waals surface area contributed by atoms with E-state index in [2.05, 4.69) is 42.0 Å². The van der Waals surface area contributed by atoms with E-state index in [1.807, 2.05) is 0 Å². The number of aromatic nitrogens is 4. The van der Waals surface area contributed by atoms with Gasteiger partial charge in [0, 0.05) is 10.0 Å². The SMILES string of the molecule is CC(C(=O)NCC(=O)Nc1ccc(F)c(F)c1F)n1nnc(-c2ccc(Br)cc2)n1. The fourth-order valence-corrected chi connectivity index (χ4v) is 2.60. The van der Waals surface area contributed by atoms with Crippen LogP contribution in [0.15, 0.2) is 40.9 Å². The minimum Gasteiger partial charge on any atom is -0.345 e. The summed E-state index contributed by atoms with van der Waals surface area (Å²) >= 11 is 3.32. The Hall–Kier alpha value is -3.28. The molecule has 0 spiro atoms. The second kappa shape index (κ2) is 9.03. The van der Waals surface area contributed by atoms with Crippen LogP contribution in [0.4, 0.5) is 18.9 Å². The molecule has 1 heterocycles. The highest BCUT2D eigenvalue weighted by Crippen LogP contribution is 2.20. The van der Waals surface area contributed by atoms with Crippen molar-refractivity contribution in [3.05, 3.63) is 58.3 Å². The largest absolute Gasteiger partial charge is 0.345 e. The van der Waals surface area contributed by atoms with Gasteiger partial charge in [-0.15, -0.1) is 10.2 Å². The molecule has 3 aromatic rings. The topological polar surface area (TPSA) is 102 Å². The average molecular weight is 483 g/mol. The van der Waals surface area contributed by atoms with E-state index >= 15 is 0 Å². The fourth-order valence-electron chi connectivity index (χ4n) is 2.34. The van der Waals surface area contributed by atoms with Crippen LogP contribution in [0.1, 0.15) is 13.0 Å². The van der Waals surface area contributed by atoms with Gasteiger partial charge in [0.25, 0.3) is 0 Å². The Balaban J connectivity index is 1.58. The van der Waals surface area contributed by atoms with E-state index in [0.29, 0.717) is 17.5 Å². The average Bonchev–Trinajstić information content (AvgIpc) is 3.22. The highest BCUT2D eigenvalue weighted by atomic mass is 79.9. The van der Waals surface area contributed by atoms with Crippen molar-refractivity contribution in [2.75, 3.05) is 11.9 Å². The molecule has 2 aromatic carbocycles. The molecule has 0 saturated heterocycles. The number of benzene rings is 2. The van der Waals surface area contributed by atoms with Gasteiger partial charge in [0.1, 0.15) is 6.04 Å². The zero-order valence-corrected chi connectivity index (χ0v) is 17.0. The first-order valence-electron chi connectivity index (χ1n) is 8.52. The fraction of sp³-hybridized carbons (Fsp3) is 0.167. The predicted octanol–water partition coefficient (Wildman–Crippen LogP) is 2.84. The van der Waals surface area contributed by atoms with E-state index in [4.69, 9.17) is 0 Å². The van der Waals surface area contributed by atoms with Crippen molar-refractivity contribution in [1.29, 1.82) is 0 Å². The van der Waals surface area contributed by atoms with Gasteiger partial charge in [-0.2, -0.15) is 4.80 Å². The highest BCUT2D eigenvalue weighted by molar-refractivity contribution is 9.10. The van der Waals surface area contributed by atoms with E-state index < -0.39 is 47.5 Å². The van der Waals surface area contributed by atoms with Gasteiger partial charge in [-0.1, -0.05) is 15.9 Å². The van der Waals surface area contributed by atoms with Crippen LogP contribution in [0.25, 0.3) is 11.4 Å². The number of amides is 2. The maximum atomic E-state index is 13.6. The lowest BCUT2D eigenvalue weighted by atomic mass is 10.2. The van der Waals surface area contributed by atoms with Crippen LogP contribution in [-0.4, -0.2) is 38.6 Å². The summed E-state index contributed by atoms with van der Waals surface area (Å²) in [5.74, 6) is -5.73. The summed E-state index contributed by atoms with van der Waals surface area (Å²) in [6.07, 6.45) is 0. The Labute approximate surface area is 176 Å². The summed E-state index contributed by atoms with van der Waals surface area (Å²) in [7, 11) is 0. The molecule has 0 radical (unpaired) electrons. The number of rotatable bonds is 6. The number of carbonyl (C=O) groups excluding carboxylic acids is 2. The molecule has 0 saturated carbocycles. The maximum Gasteiger partial charge on any atom is 0.246 e. The molecular weight excluding hydrogens is 469 g/mol. The quantitative estimate of drug-likeness (QED) is 0.526. The summed E-state index contributed by atoms with van der Waals surface area (Å²) in [6.45, 7) is 0.963. The van der Waals surface area contributed by atoms with Crippen molar-refractivity contribution >= 4 is 33.4 Å². The van der Waals surface area contributed by atoms with Gasteiger partial charge in [0.05, 0.1) is 12.2 Å². The Morgan fingerprint density at radius 1 is 1.10 bits per heavy atom. The molecule has 0 aliphatic rings. The summed E-state index contributed by atoms with van der Waals surface area (Å²) in [5.41, 5.74) is 0.156. The number of hydrogen-bond donors (Lipinski definition) is 2. The lowest BCUT2D eigenvalue weighted by molar-refractivity contribution is -0.126. The molecule has 30 heavy (non-hydrogen) atoms. The minimum absolute atomic E-state index is 0.314. The van der Waals surface area contributed by atoms with E-state index in [1.54, 1.807) is 24.3 Å². The molecule has 0 aliphatic heterocycles. The van der Waals surface area contributed by atoms with Crippen molar-refractivity contribution in [3.63, 3.8) is 0 Å². The molecule has 3 rings (SSSR count).